The molecule has 3 rings (SSSR count). The summed E-state index contributed by atoms with van der Waals surface area (Å²) in [7, 11) is 0. The van der Waals surface area contributed by atoms with E-state index in [-0.39, 0.29) is 5.41 Å². The molecule has 0 amide bonds. The van der Waals surface area contributed by atoms with Crippen molar-refractivity contribution in [3.05, 3.63) is 42.5 Å². The molecule has 0 radical (unpaired) electrons. The summed E-state index contributed by atoms with van der Waals surface area (Å²) in [5, 5.41) is 15.5. The average Bonchev–Trinajstić information content (AvgIpc) is 2.84. The van der Waals surface area contributed by atoms with E-state index in [1.54, 1.807) is 0 Å². The fourth-order valence-corrected chi connectivity index (χ4v) is 2.28. The largest absolute Gasteiger partial charge is 0.456 e. The molecule has 0 saturated carbocycles. The molecule has 1 aromatic heterocycles. The number of benzene rings is 2. The maximum absolute atomic E-state index is 9.17. The van der Waals surface area contributed by atoms with Gasteiger partial charge in [-0.25, -0.2) is 0 Å². The van der Waals surface area contributed by atoms with E-state index in [0.29, 0.717) is 5.71 Å². The second kappa shape index (κ2) is 5.19. The number of nitrogens with one attached hydrogen (secondary N) is 1. The average molecular weight is 291 g/mol. The molecule has 110 valence electrons. The van der Waals surface area contributed by atoms with Gasteiger partial charge in [0.15, 0.2) is 0 Å². The van der Waals surface area contributed by atoms with Crippen LogP contribution in [0.2, 0.25) is 0 Å². The lowest BCUT2D eigenvalue weighted by molar-refractivity contribution is 0.594. The van der Waals surface area contributed by atoms with Gasteiger partial charge in [-0.1, -0.05) is 39.0 Å². The van der Waals surface area contributed by atoms with Gasteiger partial charge in [0, 0.05) is 22.3 Å². The first kappa shape index (κ1) is 14.2. The highest BCUT2D eigenvalue weighted by atomic mass is 16.3. The number of hydrazone groups is 1. The highest BCUT2D eigenvalue weighted by molar-refractivity contribution is 6.06. The molecular formula is C18H17N3O. The molecular weight excluding hydrogens is 274 g/mol. The van der Waals surface area contributed by atoms with Gasteiger partial charge in [-0.05, 0) is 18.2 Å². The van der Waals surface area contributed by atoms with Crippen LogP contribution in [0.3, 0.4) is 0 Å². The molecule has 0 aliphatic heterocycles. The maximum Gasteiger partial charge on any atom is 0.143 e. The highest BCUT2D eigenvalue weighted by Gasteiger charge is 2.18. The smallest absolute Gasteiger partial charge is 0.143 e. The summed E-state index contributed by atoms with van der Waals surface area (Å²) in [5.41, 5.74) is 5.58. The number of furan rings is 1. The lowest BCUT2D eigenvalue weighted by atomic mass is 9.91. The molecule has 0 fully saturated rings. The van der Waals surface area contributed by atoms with E-state index in [2.05, 4.69) is 16.6 Å². The van der Waals surface area contributed by atoms with Crippen LogP contribution in [0.25, 0.3) is 21.9 Å². The molecule has 2 aromatic carbocycles. The topological polar surface area (TPSA) is 61.3 Å². The van der Waals surface area contributed by atoms with Crippen molar-refractivity contribution < 1.29 is 4.42 Å². The number of nitriles is 1. The van der Waals surface area contributed by atoms with Crippen molar-refractivity contribution in [1.29, 1.82) is 5.26 Å². The van der Waals surface area contributed by atoms with Crippen LogP contribution in [0.5, 0.6) is 0 Å². The molecule has 22 heavy (non-hydrogen) atoms. The summed E-state index contributed by atoms with van der Waals surface area (Å²) >= 11 is 0. The van der Waals surface area contributed by atoms with E-state index in [0.717, 1.165) is 27.6 Å². The number of hydrogen-bond donors (Lipinski definition) is 1. The molecule has 4 nitrogen and oxygen atoms in total. The zero-order chi connectivity index (χ0) is 15.7. The molecule has 0 aliphatic rings. The number of fused-ring (bicyclic) bond motifs is 3. The predicted octanol–water partition coefficient (Wildman–Crippen LogP) is 4.92. The Morgan fingerprint density at radius 2 is 1.82 bits per heavy atom. The van der Waals surface area contributed by atoms with Crippen molar-refractivity contribution in [1.82, 2.24) is 0 Å². The first-order valence-electron chi connectivity index (χ1n) is 7.14. The highest BCUT2D eigenvalue weighted by Crippen LogP contribution is 2.30. The Labute approximate surface area is 129 Å². The zero-order valence-electron chi connectivity index (χ0n) is 12.8. The van der Waals surface area contributed by atoms with Gasteiger partial charge < -0.3 is 4.42 Å². The number of anilines is 1. The van der Waals surface area contributed by atoms with E-state index in [1.807, 2.05) is 63.2 Å². The first-order chi connectivity index (χ1) is 10.5. The van der Waals surface area contributed by atoms with E-state index in [4.69, 9.17) is 9.68 Å². The van der Waals surface area contributed by atoms with Gasteiger partial charge in [0.25, 0.3) is 0 Å². The lowest BCUT2D eigenvalue weighted by Crippen LogP contribution is -2.19. The third kappa shape index (κ3) is 2.53. The fourth-order valence-electron chi connectivity index (χ4n) is 2.28. The molecule has 4 heteroatoms. The monoisotopic (exact) mass is 291 g/mol. The van der Waals surface area contributed by atoms with Crippen LogP contribution in [0.15, 0.2) is 52.0 Å². The molecule has 1 heterocycles. The summed E-state index contributed by atoms with van der Waals surface area (Å²) in [5.74, 6) is 0. The molecule has 0 saturated heterocycles. The Morgan fingerprint density at radius 1 is 1.09 bits per heavy atom. The van der Waals surface area contributed by atoms with E-state index < -0.39 is 0 Å². The van der Waals surface area contributed by atoms with E-state index in [1.165, 1.54) is 0 Å². The van der Waals surface area contributed by atoms with Crippen LogP contribution in [-0.4, -0.2) is 5.71 Å². The SMILES string of the molecule is CC(C)(C)/C(C#N)=N/Nc1ccc2c(c1)oc1ccccc12. The summed E-state index contributed by atoms with van der Waals surface area (Å²) in [6, 6.07) is 15.9. The van der Waals surface area contributed by atoms with Gasteiger partial charge >= 0.3 is 0 Å². The van der Waals surface area contributed by atoms with Crippen molar-refractivity contribution in [3.8, 4) is 6.07 Å². The Hall–Kier alpha value is -2.80. The normalized spacial score (nSPS) is 12.5. The van der Waals surface area contributed by atoms with Crippen LogP contribution in [0.1, 0.15) is 20.8 Å². The van der Waals surface area contributed by atoms with Crippen molar-refractivity contribution in [2.75, 3.05) is 5.43 Å². The van der Waals surface area contributed by atoms with Crippen LogP contribution < -0.4 is 5.43 Å². The Bertz CT molecular complexity index is 907. The molecule has 0 unspecified atom stereocenters. The molecule has 0 bridgehead atoms. The molecule has 0 atom stereocenters. The second-order valence-corrected chi connectivity index (χ2v) is 6.24. The summed E-state index contributed by atoms with van der Waals surface area (Å²) < 4.78 is 5.84. The third-order valence-corrected chi connectivity index (χ3v) is 3.49. The van der Waals surface area contributed by atoms with Gasteiger partial charge in [-0.3, -0.25) is 5.43 Å². The first-order valence-corrected chi connectivity index (χ1v) is 7.14. The molecule has 0 aliphatic carbocycles. The minimum absolute atomic E-state index is 0.286. The van der Waals surface area contributed by atoms with E-state index in [9.17, 15) is 0 Å². The van der Waals surface area contributed by atoms with E-state index >= 15 is 0 Å². The van der Waals surface area contributed by atoms with Crippen molar-refractivity contribution >= 4 is 33.3 Å². The summed E-state index contributed by atoms with van der Waals surface area (Å²) in [6.45, 7) is 5.87. The Kier molecular flexibility index (Phi) is 3.34. The van der Waals surface area contributed by atoms with Gasteiger partial charge in [-0.15, -0.1) is 0 Å². The van der Waals surface area contributed by atoms with Crippen LogP contribution >= 0.6 is 0 Å². The number of rotatable bonds is 2. The maximum atomic E-state index is 9.17. The summed E-state index contributed by atoms with van der Waals surface area (Å²) in [6.07, 6.45) is 0. The predicted molar refractivity (Wildman–Crippen MR) is 89.8 cm³/mol. The van der Waals surface area contributed by atoms with Gasteiger partial charge in [0.05, 0.1) is 5.69 Å². The van der Waals surface area contributed by atoms with Crippen LogP contribution in [-0.2, 0) is 0 Å². The van der Waals surface area contributed by atoms with Gasteiger partial charge in [-0.2, -0.15) is 10.4 Å². The van der Waals surface area contributed by atoms with Crippen molar-refractivity contribution in [2.45, 2.75) is 20.8 Å². The van der Waals surface area contributed by atoms with Gasteiger partial charge in [0.1, 0.15) is 22.9 Å². The fraction of sp³-hybridized carbons (Fsp3) is 0.222. The second-order valence-electron chi connectivity index (χ2n) is 6.24. The minimum Gasteiger partial charge on any atom is -0.456 e. The number of nitrogens with zero attached hydrogens (tertiary/aromatic N) is 2. The summed E-state index contributed by atoms with van der Waals surface area (Å²) in [4.78, 5) is 0. The number of hydrogen-bond acceptors (Lipinski definition) is 4. The Morgan fingerprint density at radius 3 is 2.55 bits per heavy atom. The zero-order valence-corrected chi connectivity index (χ0v) is 12.8. The lowest BCUT2D eigenvalue weighted by Gasteiger charge is -2.15. The molecule has 1 N–H and O–H groups in total. The number of para-hydroxylation sites is 1. The molecule has 3 aromatic rings. The van der Waals surface area contributed by atoms with Crippen molar-refractivity contribution in [3.63, 3.8) is 0 Å². The minimum atomic E-state index is -0.286. The van der Waals surface area contributed by atoms with Crippen LogP contribution in [0.4, 0.5) is 5.69 Å². The molecule has 0 spiro atoms. The standard InChI is InChI=1S/C18H17N3O/c1-18(2,3)17(11-19)21-20-12-8-9-14-13-6-4-5-7-15(13)22-16(14)10-12/h4-10,20H,1-3H3/b21-17+. The Balaban J connectivity index is 1.98. The van der Waals surface area contributed by atoms with Gasteiger partial charge in [0.2, 0.25) is 0 Å². The quantitative estimate of drug-likeness (QED) is 0.538. The third-order valence-electron chi connectivity index (χ3n) is 3.49. The van der Waals surface area contributed by atoms with Crippen molar-refractivity contribution in [2.24, 2.45) is 10.5 Å². The van der Waals surface area contributed by atoms with Crippen LogP contribution in [0, 0.1) is 16.7 Å².